The summed E-state index contributed by atoms with van der Waals surface area (Å²) in [4.78, 5) is 0. The summed E-state index contributed by atoms with van der Waals surface area (Å²) in [6, 6.07) is 0.325. The molecule has 0 heterocycles. The van der Waals surface area contributed by atoms with Gasteiger partial charge in [-0.25, -0.2) is 0 Å². The SMILES string of the molecule is COCC(CCO)NCC1CCCC1. The maximum absolute atomic E-state index is 8.86. The third kappa shape index (κ3) is 4.40. The van der Waals surface area contributed by atoms with Gasteiger partial charge in [0.25, 0.3) is 0 Å². The Kier molecular flexibility index (Phi) is 6.15. The fourth-order valence-corrected chi connectivity index (χ4v) is 2.15. The van der Waals surface area contributed by atoms with Gasteiger partial charge in [-0.05, 0) is 31.7 Å². The zero-order valence-electron chi connectivity index (χ0n) is 9.17. The van der Waals surface area contributed by atoms with E-state index < -0.39 is 0 Å². The Hall–Kier alpha value is -0.120. The van der Waals surface area contributed by atoms with Gasteiger partial charge in [0.1, 0.15) is 0 Å². The highest BCUT2D eigenvalue weighted by Crippen LogP contribution is 2.23. The third-order valence-corrected chi connectivity index (χ3v) is 3.02. The van der Waals surface area contributed by atoms with Crippen LogP contribution in [0, 0.1) is 5.92 Å². The van der Waals surface area contributed by atoms with E-state index in [0.717, 1.165) is 18.9 Å². The standard InChI is InChI=1S/C11H23NO2/c1-14-9-11(6-7-13)12-8-10-4-2-3-5-10/h10-13H,2-9H2,1H3. The van der Waals surface area contributed by atoms with E-state index in [1.165, 1.54) is 25.7 Å². The molecule has 3 nitrogen and oxygen atoms in total. The quantitative estimate of drug-likeness (QED) is 0.649. The lowest BCUT2D eigenvalue weighted by atomic mass is 10.1. The Labute approximate surface area is 86.8 Å². The van der Waals surface area contributed by atoms with Gasteiger partial charge in [-0.15, -0.1) is 0 Å². The number of aliphatic hydroxyl groups excluding tert-OH is 1. The van der Waals surface area contributed by atoms with E-state index in [0.29, 0.717) is 12.6 Å². The van der Waals surface area contributed by atoms with Gasteiger partial charge in [0.15, 0.2) is 0 Å². The topological polar surface area (TPSA) is 41.5 Å². The number of hydrogen-bond donors (Lipinski definition) is 2. The van der Waals surface area contributed by atoms with Gasteiger partial charge in [-0.3, -0.25) is 0 Å². The van der Waals surface area contributed by atoms with Crippen LogP contribution in [0.25, 0.3) is 0 Å². The van der Waals surface area contributed by atoms with Gasteiger partial charge in [0.05, 0.1) is 6.61 Å². The van der Waals surface area contributed by atoms with Crippen molar-refractivity contribution < 1.29 is 9.84 Å². The van der Waals surface area contributed by atoms with Crippen LogP contribution in [-0.2, 0) is 4.74 Å². The maximum atomic E-state index is 8.86. The lowest BCUT2D eigenvalue weighted by Crippen LogP contribution is -2.36. The predicted molar refractivity (Wildman–Crippen MR) is 57.3 cm³/mol. The van der Waals surface area contributed by atoms with Crippen molar-refractivity contribution in [3.05, 3.63) is 0 Å². The molecule has 2 N–H and O–H groups in total. The molecule has 1 fully saturated rings. The molecule has 0 radical (unpaired) electrons. The summed E-state index contributed by atoms with van der Waals surface area (Å²) >= 11 is 0. The first-order valence-corrected chi connectivity index (χ1v) is 5.70. The molecule has 0 aromatic heterocycles. The number of nitrogens with one attached hydrogen (secondary N) is 1. The van der Waals surface area contributed by atoms with E-state index >= 15 is 0 Å². The molecule has 1 aliphatic rings. The largest absolute Gasteiger partial charge is 0.396 e. The van der Waals surface area contributed by atoms with E-state index in [4.69, 9.17) is 9.84 Å². The number of rotatable bonds is 7. The van der Waals surface area contributed by atoms with E-state index in [-0.39, 0.29) is 6.61 Å². The highest BCUT2D eigenvalue weighted by molar-refractivity contribution is 4.73. The second-order valence-corrected chi connectivity index (χ2v) is 4.22. The Balaban J connectivity index is 2.10. The van der Waals surface area contributed by atoms with Crippen LogP contribution >= 0.6 is 0 Å². The number of ether oxygens (including phenoxy) is 1. The molecule has 0 aromatic carbocycles. The summed E-state index contributed by atoms with van der Waals surface area (Å²) in [6.45, 7) is 2.03. The Bertz CT molecular complexity index is 129. The number of aliphatic hydroxyl groups is 1. The van der Waals surface area contributed by atoms with Gasteiger partial charge in [0, 0.05) is 19.8 Å². The summed E-state index contributed by atoms with van der Waals surface area (Å²) in [5.74, 6) is 0.855. The van der Waals surface area contributed by atoms with Gasteiger partial charge in [-0.1, -0.05) is 12.8 Å². The lowest BCUT2D eigenvalue weighted by molar-refractivity contribution is 0.146. The molecule has 84 valence electrons. The predicted octanol–water partition coefficient (Wildman–Crippen LogP) is 1.16. The second kappa shape index (κ2) is 7.21. The molecular weight excluding hydrogens is 178 g/mol. The van der Waals surface area contributed by atoms with Gasteiger partial charge in [0.2, 0.25) is 0 Å². The highest BCUT2D eigenvalue weighted by Gasteiger charge is 2.16. The molecule has 1 rings (SSSR count). The monoisotopic (exact) mass is 201 g/mol. The summed E-state index contributed by atoms with van der Waals surface area (Å²) < 4.78 is 5.10. The Morgan fingerprint density at radius 1 is 1.43 bits per heavy atom. The number of methoxy groups -OCH3 is 1. The summed E-state index contributed by atoms with van der Waals surface area (Å²) in [6.07, 6.45) is 6.31. The molecule has 0 amide bonds. The maximum Gasteiger partial charge on any atom is 0.0616 e. The van der Waals surface area contributed by atoms with Crippen LogP contribution in [0.1, 0.15) is 32.1 Å². The van der Waals surface area contributed by atoms with Crippen LogP contribution in [0.2, 0.25) is 0 Å². The molecule has 0 aliphatic heterocycles. The summed E-state index contributed by atoms with van der Waals surface area (Å²) in [5.41, 5.74) is 0. The first-order valence-electron chi connectivity index (χ1n) is 5.70. The minimum atomic E-state index is 0.242. The molecule has 1 unspecified atom stereocenters. The molecular formula is C11H23NO2. The van der Waals surface area contributed by atoms with Crippen molar-refractivity contribution in [3.63, 3.8) is 0 Å². The van der Waals surface area contributed by atoms with Gasteiger partial charge < -0.3 is 15.2 Å². The van der Waals surface area contributed by atoms with Gasteiger partial charge >= 0.3 is 0 Å². The smallest absolute Gasteiger partial charge is 0.0616 e. The van der Waals surface area contributed by atoms with Crippen LogP contribution in [0.5, 0.6) is 0 Å². The molecule has 0 spiro atoms. The minimum absolute atomic E-state index is 0.242. The zero-order chi connectivity index (χ0) is 10.2. The molecule has 1 saturated carbocycles. The van der Waals surface area contributed by atoms with Crippen molar-refractivity contribution in [2.24, 2.45) is 5.92 Å². The molecule has 14 heavy (non-hydrogen) atoms. The third-order valence-electron chi connectivity index (χ3n) is 3.02. The van der Waals surface area contributed by atoms with Crippen molar-refractivity contribution in [1.29, 1.82) is 0 Å². The van der Waals surface area contributed by atoms with Crippen molar-refractivity contribution in [2.45, 2.75) is 38.1 Å². The first-order chi connectivity index (χ1) is 6.86. The van der Waals surface area contributed by atoms with Crippen LogP contribution in [0.4, 0.5) is 0 Å². The molecule has 0 saturated heterocycles. The van der Waals surface area contributed by atoms with Crippen molar-refractivity contribution >= 4 is 0 Å². The Morgan fingerprint density at radius 3 is 2.71 bits per heavy atom. The average Bonchev–Trinajstić information content (AvgIpc) is 2.67. The van der Waals surface area contributed by atoms with Gasteiger partial charge in [-0.2, -0.15) is 0 Å². The van der Waals surface area contributed by atoms with Crippen molar-refractivity contribution in [2.75, 3.05) is 26.9 Å². The average molecular weight is 201 g/mol. The molecule has 0 aromatic rings. The van der Waals surface area contributed by atoms with Crippen LogP contribution in [-0.4, -0.2) is 38.0 Å². The fraction of sp³-hybridized carbons (Fsp3) is 1.00. The molecule has 1 aliphatic carbocycles. The zero-order valence-corrected chi connectivity index (χ0v) is 9.17. The summed E-state index contributed by atoms with van der Waals surface area (Å²) in [7, 11) is 1.71. The first kappa shape index (κ1) is 12.0. The van der Waals surface area contributed by atoms with Crippen LogP contribution in [0.15, 0.2) is 0 Å². The molecule has 3 heteroatoms. The van der Waals surface area contributed by atoms with E-state index in [2.05, 4.69) is 5.32 Å². The fourth-order valence-electron chi connectivity index (χ4n) is 2.15. The lowest BCUT2D eigenvalue weighted by Gasteiger charge is -2.19. The Morgan fingerprint density at radius 2 is 2.14 bits per heavy atom. The van der Waals surface area contributed by atoms with Crippen LogP contribution < -0.4 is 5.32 Å². The minimum Gasteiger partial charge on any atom is -0.396 e. The second-order valence-electron chi connectivity index (χ2n) is 4.22. The molecule has 1 atom stereocenters. The number of hydrogen-bond acceptors (Lipinski definition) is 3. The molecule has 0 bridgehead atoms. The summed E-state index contributed by atoms with van der Waals surface area (Å²) in [5, 5.41) is 12.3. The van der Waals surface area contributed by atoms with Crippen LogP contribution in [0.3, 0.4) is 0 Å². The van der Waals surface area contributed by atoms with E-state index in [1.54, 1.807) is 7.11 Å². The van der Waals surface area contributed by atoms with Crippen molar-refractivity contribution in [3.8, 4) is 0 Å². The van der Waals surface area contributed by atoms with Crippen molar-refractivity contribution in [1.82, 2.24) is 5.32 Å². The van der Waals surface area contributed by atoms with E-state index in [1.807, 2.05) is 0 Å². The van der Waals surface area contributed by atoms with E-state index in [9.17, 15) is 0 Å². The normalized spacial score (nSPS) is 20.1. The highest BCUT2D eigenvalue weighted by atomic mass is 16.5.